The van der Waals surface area contributed by atoms with E-state index >= 15 is 0 Å². The second-order valence-electron chi connectivity index (χ2n) is 14.9. The quantitative estimate of drug-likeness (QED) is 0.157. The summed E-state index contributed by atoms with van der Waals surface area (Å²) in [6, 6.07) is 82.4. The van der Waals surface area contributed by atoms with Crippen LogP contribution >= 0.6 is 11.3 Å². The largest absolute Gasteiger partial charge is 0.310 e. The highest BCUT2D eigenvalue weighted by Gasteiger charge is 2.45. The topological polar surface area (TPSA) is 3.24 Å². The summed E-state index contributed by atoms with van der Waals surface area (Å²) in [7, 11) is 0. The van der Waals surface area contributed by atoms with E-state index in [0.29, 0.717) is 0 Å². The van der Waals surface area contributed by atoms with E-state index in [-0.39, 0.29) is 0 Å². The molecule has 1 heterocycles. The van der Waals surface area contributed by atoms with Crippen LogP contribution in [0, 0.1) is 0 Å². The zero-order chi connectivity index (χ0) is 37.8. The summed E-state index contributed by atoms with van der Waals surface area (Å²) in [6.45, 7) is 0. The number of rotatable bonds is 7. The molecule has 0 saturated heterocycles. The van der Waals surface area contributed by atoms with E-state index in [1.807, 2.05) is 11.3 Å². The monoisotopic (exact) mass is 743 g/mol. The van der Waals surface area contributed by atoms with E-state index in [4.69, 9.17) is 0 Å². The Labute approximate surface area is 337 Å². The Hall–Kier alpha value is -7.00. The lowest BCUT2D eigenvalue weighted by Crippen LogP contribution is -2.28. The zero-order valence-corrected chi connectivity index (χ0v) is 32.0. The van der Waals surface area contributed by atoms with E-state index in [2.05, 4.69) is 229 Å². The maximum atomic E-state index is 2.41. The van der Waals surface area contributed by atoms with Crippen molar-refractivity contribution in [2.75, 3.05) is 4.90 Å². The van der Waals surface area contributed by atoms with Crippen molar-refractivity contribution >= 4 is 48.6 Å². The van der Waals surface area contributed by atoms with Crippen LogP contribution in [0.3, 0.4) is 0 Å². The molecular weight excluding hydrogens is 707 g/mol. The highest BCUT2D eigenvalue weighted by molar-refractivity contribution is 7.25. The van der Waals surface area contributed by atoms with Crippen LogP contribution in [-0.2, 0) is 5.41 Å². The van der Waals surface area contributed by atoms with Gasteiger partial charge in [0.25, 0.3) is 0 Å². The van der Waals surface area contributed by atoms with Gasteiger partial charge in [0, 0.05) is 37.2 Å². The highest BCUT2D eigenvalue weighted by Crippen LogP contribution is 2.56. The van der Waals surface area contributed by atoms with Crippen LogP contribution in [0.15, 0.2) is 224 Å². The Kier molecular flexibility index (Phi) is 7.98. The Bertz CT molecular complexity index is 3020. The average molecular weight is 744 g/mol. The Morgan fingerprint density at radius 2 is 0.860 bits per heavy atom. The van der Waals surface area contributed by atoms with Gasteiger partial charge in [0.05, 0.1) is 5.41 Å². The minimum absolute atomic E-state index is 0.408. The first-order valence-electron chi connectivity index (χ1n) is 19.6. The predicted molar refractivity (Wildman–Crippen MR) is 242 cm³/mol. The standard InChI is InChI=1S/C55H37NS/c1-4-16-42(17-5-1)55(43-18-6-2-7-19-43)51-25-12-10-23-47(51)49-36-41(29-33-52(49)55)39-15-14-22-46(35-39)56(44-20-8-3-9-21-44)45-31-27-38(28-32-45)40-30-34-54-50(37-40)48-24-11-13-26-53(48)57-54/h1-37H. The number of thiophene rings is 1. The average Bonchev–Trinajstić information content (AvgIpc) is 3.81. The fourth-order valence-electron chi connectivity index (χ4n) is 9.19. The molecular formula is C55H37NS. The molecule has 0 spiro atoms. The summed E-state index contributed by atoms with van der Waals surface area (Å²) in [5, 5.41) is 2.64. The molecule has 9 aromatic carbocycles. The third-order valence-corrected chi connectivity index (χ3v) is 12.9. The molecule has 0 unspecified atom stereocenters. The Morgan fingerprint density at radius 1 is 0.316 bits per heavy atom. The van der Waals surface area contributed by atoms with Gasteiger partial charge in [0.2, 0.25) is 0 Å². The molecule has 0 fully saturated rings. The fourth-order valence-corrected chi connectivity index (χ4v) is 10.3. The predicted octanol–water partition coefficient (Wildman–Crippen LogP) is 15.2. The third kappa shape index (κ3) is 5.44. The van der Waals surface area contributed by atoms with Crippen LogP contribution in [0.25, 0.3) is 53.6 Å². The molecule has 1 aliphatic carbocycles. The van der Waals surface area contributed by atoms with Crippen molar-refractivity contribution in [3.8, 4) is 33.4 Å². The summed E-state index contributed by atoms with van der Waals surface area (Å²) in [6.07, 6.45) is 0. The van der Waals surface area contributed by atoms with E-state index < -0.39 is 5.41 Å². The molecule has 11 rings (SSSR count). The van der Waals surface area contributed by atoms with Gasteiger partial charge in [-0.1, -0.05) is 164 Å². The molecule has 0 amide bonds. The molecule has 0 N–H and O–H groups in total. The molecule has 268 valence electrons. The van der Waals surface area contributed by atoms with Gasteiger partial charge in [0.1, 0.15) is 0 Å². The minimum Gasteiger partial charge on any atom is -0.310 e. The SMILES string of the molecule is c1ccc(N(c2ccc(-c3ccc4sc5ccccc5c4c3)cc2)c2cccc(-c3ccc4c(c3)-c3ccccc3C4(c3ccccc3)c3ccccc3)c2)cc1. The molecule has 0 bridgehead atoms. The van der Waals surface area contributed by atoms with Crippen LogP contribution < -0.4 is 4.90 Å². The second-order valence-corrected chi connectivity index (χ2v) is 15.9. The maximum absolute atomic E-state index is 2.41. The normalized spacial score (nSPS) is 12.7. The van der Waals surface area contributed by atoms with Gasteiger partial charge in [-0.3, -0.25) is 0 Å². The highest BCUT2D eigenvalue weighted by atomic mass is 32.1. The lowest BCUT2D eigenvalue weighted by Gasteiger charge is -2.33. The first kappa shape index (κ1) is 33.3. The molecule has 57 heavy (non-hydrogen) atoms. The summed E-state index contributed by atoms with van der Waals surface area (Å²) in [5.41, 5.74) is 15.5. The van der Waals surface area contributed by atoms with Gasteiger partial charge in [-0.25, -0.2) is 0 Å². The van der Waals surface area contributed by atoms with E-state index in [1.165, 1.54) is 75.8 Å². The lowest BCUT2D eigenvalue weighted by molar-refractivity contribution is 0.768. The molecule has 0 saturated carbocycles. The van der Waals surface area contributed by atoms with E-state index in [9.17, 15) is 0 Å². The van der Waals surface area contributed by atoms with Crippen LogP contribution in [-0.4, -0.2) is 0 Å². The van der Waals surface area contributed by atoms with Crippen molar-refractivity contribution in [1.29, 1.82) is 0 Å². The molecule has 2 heteroatoms. The smallest absolute Gasteiger partial charge is 0.0713 e. The van der Waals surface area contributed by atoms with Crippen molar-refractivity contribution in [2.24, 2.45) is 0 Å². The van der Waals surface area contributed by atoms with Crippen LogP contribution in [0.1, 0.15) is 22.3 Å². The van der Waals surface area contributed by atoms with Crippen molar-refractivity contribution in [3.05, 3.63) is 247 Å². The first-order chi connectivity index (χ1) is 28.3. The number of fused-ring (bicyclic) bond motifs is 6. The second kappa shape index (κ2) is 13.6. The Balaban J connectivity index is 1.00. The van der Waals surface area contributed by atoms with Gasteiger partial charge in [-0.05, 0) is 116 Å². The lowest BCUT2D eigenvalue weighted by atomic mass is 9.67. The number of hydrogen-bond donors (Lipinski definition) is 0. The number of anilines is 3. The molecule has 10 aromatic rings. The summed E-state index contributed by atoms with van der Waals surface area (Å²) >= 11 is 1.86. The summed E-state index contributed by atoms with van der Waals surface area (Å²) in [5.74, 6) is 0. The van der Waals surface area contributed by atoms with Crippen molar-refractivity contribution in [3.63, 3.8) is 0 Å². The molecule has 0 atom stereocenters. The maximum Gasteiger partial charge on any atom is 0.0713 e. The van der Waals surface area contributed by atoms with Crippen LogP contribution in [0.2, 0.25) is 0 Å². The van der Waals surface area contributed by atoms with Crippen molar-refractivity contribution < 1.29 is 0 Å². The number of hydrogen-bond acceptors (Lipinski definition) is 2. The van der Waals surface area contributed by atoms with Gasteiger partial charge < -0.3 is 4.90 Å². The minimum atomic E-state index is -0.408. The Morgan fingerprint density at radius 3 is 1.63 bits per heavy atom. The third-order valence-electron chi connectivity index (χ3n) is 11.7. The van der Waals surface area contributed by atoms with Gasteiger partial charge >= 0.3 is 0 Å². The summed E-state index contributed by atoms with van der Waals surface area (Å²) in [4.78, 5) is 2.36. The fraction of sp³-hybridized carbons (Fsp3) is 0.0182. The molecule has 1 aromatic heterocycles. The zero-order valence-electron chi connectivity index (χ0n) is 31.2. The van der Waals surface area contributed by atoms with Crippen LogP contribution in [0.4, 0.5) is 17.1 Å². The molecule has 1 nitrogen and oxygen atoms in total. The summed E-state index contributed by atoms with van der Waals surface area (Å²) < 4.78 is 2.66. The molecule has 0 aliphatic heterocycles. The molecule has 1 aliphatic rings. The van der Waals surface area contributed by atoms with Gasteiger partial charge in [-0.2, -0.15) is 0 Å². The van der Waals surface area contributed by atoms with E-state index in [0.717, 1.165) is 17.1 Å². The first-order valence-corrected chi connectivity index (χ1v) is 20.4. The number of nitrogens with zero attached hydrogens (tertiary/aromatic N) is 1. The van der Waals surface area contributed by atoms with Crippen LogP contribution in [0.5, 0.6) is 0 Å². The number of para-hydroxylation sites is 1. The molecule has 0 radical (unpaired) electrons. The van der Waals surface area contributed by atoms with Crippen molar-refractivity contribution in [1.82, 2.24) is 0 Å². The van der Waals surface area contributed by atoms with Crippen molar-refractivity contribution in [2.45, 2.75) is 5.41 Å². The number of benzene rings is 9. The van der Waals surface area contributed by atoms with Gasteiger partial charge in [0.15, 0.2) is 0 Å². The van der Waals surface area contributed by atoms with E-state index in [1.54, 1.807) is 0 Å². The van der Waals surface area contributed by atoms with Gasteiger partial charge in [-0.15, -0.1) is 11.3 Å².